The van der Waals surface area contributed by atoms with Gasteiger partial charge in [-0.3, -0.25) is 9.89 Å². The number of likely N-dealkylation sites (tertiary alicyclic amines) is 1. The van der Waals surface area contributed by atoms with Crippen molar-refractivity contribution in [1.82, 2.24) is 25.3 Å². The quantitative estimate of drug-likeness (QED) is 0.259. The number of hydrogen-bond acceptors (Lipinski definition) is 3. The molecule has 158 valence electrons. The molecular formula is C21H30ClIN6. The molecule has 0 unspecified atom stereocenters. The van der Waals surface area contributed by atoms with Crippen LogP contribution in [0.15, 0.2) is 53.8 Å². The van der Waals surface area contributed by atoms with Crippen LogP contribution in [-0.2, 0) is 6.54 Å². The maximum Gasteiger partial charge on any atom is 0.191 e. The van der Waals surface area contributed by atoms with Crippen LogP contribution in [0.3, 0.4) is 0 Å². The lowest BCUT2D eigenvalue weighted by Crippen LogP contribution is -2.48. The summed E-state index contributed by atoms with van der Waals surface area (Å²) in [4.78, 5) is 6.82. The van der Waals surface area contributed by atoms with Gasteiger partial charge in [0, 0.05) is 56.1 Å². The fourth-order valence-corrected chi connectivity index (χ4v) is 3.50. The highest BCUT2D eigenvalue weighted by Crippen LogP contribution is 2.14. The fourth-order valence-electron chi connectivity index (χ4n) is 3.38. The molecule has 0 saturated carbocycles. The lowest BCUT2D eigenvalue weighted by molar-refractivity contribution is 0.221. The van der Waals surface area contributed by atoms with E-state index < -0.39 is 0 Å². The first-order chi connectivity index (χ1) is 13.5. The second kappa shape index (κ2) is 11.6. The van der Waals surface area contributed by atoms with E-state index in [1.54, 1.807) is 0 Å². The highest BCUT2D eigenvalue weighted by Gasteiger charge is 2.19. The molecule has 1 saturated heterocycles. The molecular weight excluding hydrogens is 499 g/mol. The van der Waals surface area contributed by atoms with Crippen LogP contribution in [-0.4, -0.2) is 53.4 Å². The Labute approximate surface area is 195 Å². The van der Waals surface area contributed by atoms with E-state index in [0.717, 1.165) is 54.7 Å². The Balaban J connectivity index is 0.00000300. The number of aromatic nitrogens is 2. The van der Waals surface area contributed by atoms with Gasteiger partial charge in [-0.25, -0.2) is 4.68 Å². The number of nitrogens with one attached hydrogen (secondary N) is 2. The van der Waals surface area contributed by atoms with E-state index in [1.807, 2.05) is 48.4 Å². The van der Waals surface area contributed by atoms with Crippen molar-refractivity contribution >= 4 is 41.5 Å². The Hall–Kier alpha value is -1.58. The van der Waals surface area contributed by atoms with Gasteiger partial charge in [-0.15, -0.1) is 24.0 Å². The zero-order chi connectivity index (χ0) is 19.9. The number of benzene rings is 1. The van der Waals surface area contributed by atoms with Crippen molar-refractivity contribution in [3.63, 3.8) is 0 Å². The number of guanidine groups is 1. The lowest BCUT2D eigenvalue weighted by atomic mass is 10.0. The van der Waals surface area contributed by atoms with Gasteiger partial charge in [0.2, 0.25) is 0 Å². The summed E-state index contributed by atoms with van der Waals surface area (Å²) < 4.78 is 1.85. The summed E-state index contributed by atoms with van der Waals surface area (Å²) in [5, 5.41) is 12.1. The summed E-state index contributed by atoms with van der Waals surface area (Å²) >= 11 is 5.95. The lowest BCUT2D eigenvalue weighted by Gasteiger charge is -2.33. The maximum absolute atomic E-state index is 5.95. The average molecular weight is 529 g/mol. The van der Waals surface area contributed by atoms with Crippen molar-refractivity contribution in [3.05, 3.63) is 59.4 Å². The van der Waals surface area contributed by atoms with Crippen molar-refractivity contribution in [2.45, 2.75) is 32.4 Å². The van der Waals surface area contributed by atoms with Crippen LogP contribution in [0.5, 0.6) is 0 Å². The number of hydrogen-bond donors (Lipinski definition) is 2. The van der Waals surface area contributed by atoms with Gasteiger partial charge in [0.15, 0.2) is 5.96 Å². The summed E-state index contributed by atoms with van der Waals surface area (Å²) in [5.41, 5.74) is 3.30. The Morgan fingerprint density at radius 2 is 1.97 bits per heavy atom. The summed E-state index contributed by atoms with van der Waals surface area (Å²) in [6.45, 7) is 9.95. The van der Waals surface area contributed by atoms with E-state index in [1.165, 1.54) is 5.57 Å². The standard InChI is InChI=1S/C21H29ClN6.HI/c1-16(2)14-27-10-8-19(9-11-27)26-21(23-3)24-12-17-13-25-28(15-17)20-6-4-18(22)5-7-20;/h4-7,13,15,19H,1,8-12,14H2,2-3H3,(H2,23,24,26);1H. The SMILES string of the molecule is C=C(C)CN1CCC(NC(=NC)NCc2cnn(-c3ccc(Cl)cc3)c2)CC1.I. The first-order valence-corrected chi connectivity index (χ1v) is 10.0. The van der Waals surface area contributed by atoms with Gasteiger partial charge in [-0.05, 0) is 44.0 Å². The van der Waals surface area contributed by atoms with Gasteiger partial charge in [-0.2, -0.15) is 5.10 Å². The molecule has 29 heavy (non-hydrogen) atoms. The van der Waals surface area contributed by atoms with Crippen molar-refractivity contribution in [3.8, 4) is 5.69 Å². The first-order valence-electron chi connectivity index (χ1n) is 9.67. The molecule has 1 aromatic carbocycles. The van der Waals surface area contributed by atoms with Crippen LogP contribution < -0.4 is 10.6 Å². The third-order valence-corrected chi connectivity index (χ3v) is 5.08. The molecule has 0 spiro atoms. The Morgan fingerprint density at radius 3 is 2.59 bits per heavy atom. The number of aliphatic imine (C=N–C) groups is 1. The zero-order valence-electron chi connectivity index (χ0n) is 17.1. The molecule has 8 heteroatoms. The third kappa shape index (κ3) is 7.31. The van der Waals surface area contributed by atoms with Gasteiger partial charge in [-0.1, -0.05) is 23.8 Å². The number of rotatable bonds is 6. The molecule has 2 N–H and O–H groups in total. The fraction of sp³-hybridized carbons (Fsp3) is 0.429. The van der Waals surface area contributed by atoms with Gasteiger partial charge in [0.1, 0.15) is 0 Å². The van der Waals surface area contributed by atoms with E-state index in [4.69, 9.17) is 11.6 Å². The molecule has 1 aliphatic rings. The summed E-state index contributed by atoms with van der Waals surface area (Å²) in [5.74, 6) is 0.831. The van der Waals surface area contributed by atoms with Crippen LogP contribution in [0.25, 0.3) is 5.69 Å². The van der Waals surface area contributed by atoms with Crippen molar-refractivity contribution in [2.24, 2.45) is 4.99 Å². The number of halogens is 2. The molecule has 6 nitrogen and oxygen atoms in total. The molecule has 2 aromatic rings. The van der Waals surface area contributed by atoms with Gasteiger partial charge in [0.25, 0.3) is 0 Å². The second-order valence-electron chi connectivity index (χ2n) is 7.35. The molecule has 1 aliphatic heterocycles. The Kier molecular flexibility index (Phi) is 9.45. The van der Waals surface area contributed by atoms with E-state index in [-0.39, 0.29) is 24.0 Å². The predicted molar refractivity (Wildman–Crippen MR) is 132 cm³/mol. The smallest absolute Gasteiger partial charge is 0.191 e. The minimum absolute atomic E-state index is 0. The monoisotopic (exact) mass is 528 g/mol. The van der Waals surface area contributed by atoms with Crippen molar-refractivity contribution < 1.29 is 0 Å². The predicted octanol–water partition coefficient (Wildman–Crippen LogP) is 3.85. The Bertz CT molecular complexity index is 809. The minimum Gasteiger partial charge on any atom is -0.354 e. The number of nitrogens with zero attached hydrogens (tertiary/aromatic N) is 4. The normalized spacial score (nSPS) is 15.6. The minimum atomic E-state index is 0. The molecule has 0 atom stereocenters. The van der Waals surface area contributed by atoms with Crippen molar-refractivity contribution in [1.29, 1.82) is 0 Å². The zero-order valence-corrected chi connectivity index (χ0v) is 20.2. The molecule has 0 aliphatic carbocycles. The second-order valence-corrected chi connectivity index (χ2v) is 7.78. The summed E-state index contributed by atoms with van der Waals surface area (Å²) in [6.07, 6.45) is 6.11. The van der Waals surface area contributed by atoms with Gasteiger partial charge in [0.05, 0.1) is 11.9 Å². The van der Waals surface area contributed by atoms with E-state index in [2.05, 4.69) is 39.1 Å². The van der Waals surface area contributed by atoms with Gasteiger partial charge < -0.3 is 10.6 Å². The highest BCUT2D eigenvalue weighted by atomic mass is 127. The van der Waals surface area contributed by atoms with Crippen LogP contribution in [0.2, 0.25) is 5.02 Å². The highest BCUT2D eigenvalue weighted by molar-refractivity contribution is 14.0. The van der Waals surface area contributed by atoms with E-state index in [0.29, 0.717) is 12.6 Å². The van der Waals surface area contributed by atoms with Crippen molar-refractivity contribution in [2.75, 3.05) is 26.7 Å². The third-order valence-electron chi connectivity index (χ3n) is 4.83. The van der Waals surface area contributed by atoms with E-state index in [9.17, 15) is 0 Å². The van der Waals surface area contributed by atoms with E-state index >= 15 is 0 Å². The molecule has 3 rings (SSSR count). The summed E-state index contributed by atoms with van der Waals surface area (Å²) in [7, 11) is 1.81. The molecule has 2 heterocycles. The first kappa shape index (κ1) is 23.7. The van der Waals surface area contributed by atoms with Crippen LogP contribution >= 0.6 is 35.6 Å². The van der Waals surface area contributed by atoms with Gasteiger partial charge >= 0.3 is 0 Å². The molecule has 0 radical (unpaired) electrons. The average Bonchev–Trinajstić information content (AvgIpc) is 3.15. The van der Waals surface area contributed by atoms with Crippen LogP contribution in [0.1, 0.15) is 25.3 Å². The maximum atomic E-state index is 5.95. The van der Waals surface area contributed by atoms with Crippen LogP contribution in [0.4, 0.5) is 0 Å². The molecule has 1 fully saturated rings. The topological polar surface area (TPSA) is 57.5 Å². The van der Waals surface area contributed by atoms with Crippen LogP contribution in [0, 0.1) is 0 Å². The number of piperidine rings is 1. The largest absolute Gasteiger partial charge is 0.354 e. The Morgan fingerprint density at radius 1 is 1.28 bits per heavy atom. The molecule has 1 aromatic heterocycles. The summed E-state index contributed by atoms with van der Waals surface area (Å²) in [6, 6.07) is 8.08. The molecule has 0 bridgehead atoms. The molecule has 0 amide bonds.